The van der Waals surface area contributed by atoms with Crippen LogP contribution in [0.5, 0.6) is 5.75 Å². The fourth-order valence-electron chi connectivity index (χ4n) is 1.67. The lowest BCUT2D eigenvalue weighted by molar-refractivity contribution is -0.172. The highest BCUT2D eigenvalue weighted by Crippen LogP contribution is 2.29. The first kappa shape index (κ1) is 13.5. The van der Waals surface area contributed by atoms with Crippen LogP contribution in [0.15, 0.2) is 22.7 Å². The Hall–Kier alpha value is -1.89. The second-order valence-corrected chi connectivity index (χ2v) is 4.64. The molecule has 6 nitrogen and oxygen atoms in total. The zero-order chi connectivity index (χ0) is 14.0. The summed E-state index contributed by atoms with van der Waals surface area (Å²) >= 11 is 3.23. The van der Waals surface area contributed by atoms with Crippen LogP contribution in [0.4, 0.5) is 0 Å². The molecule has 0 unspecified atom stereocenters. The van der Waals surface area contributed by atoms with Crippen LogP contribution in [0.2, 0.25) is 0 Å². The van der Waals surface area contributed by atoms with Crippen molar-refractivity contribution < 1.29 is 24.0 Å². The molecule has 0 bridgehead atoms. The molecule has 0 aromatic heterocycles. The first-order valence-electron chi connectivity index (χ1n) is 5.45. The van der Waals surface area contributed by atoms with Crippen molar-refractivity contribution in [3.05, 3.63) is 28.2 Å². The van der Waals surface area contributed by atoms with Crippen LogP contribution in [0, 0.1) is 0 Å². The van der Waals surface area contributed by atoms with Crippen LogP contribution in [-0.2, 0) is 14.4 Å². The third kappa shape index (κ3) is 2.60. The number of rotatable bonds is 3. The van der Waals surface area contributed by atoms with Gasteiger partial charge in [-0.3, -0.25) is 9.59 Å². The average Bonchev–Trinajstić information content (AvgIpc) is 2.70. The molecule has 100 valence electrons. The maximum absolute atomic E-state index is 12.0. The largest absolute Gasteiger partial charge is 0.495 e. The minimum atomic E-state index is -0.818. The van der Waals surface area contributed by atoms with Gasteiger partial charge in [0.1, 0.15) is 11.3 Å². The van der Waals surface area contributed by atoms with Crippen LogP contribution in [-0.4, -0.2) is 30.0 Å². The van der Waals surface area contributed by atoms with E-state index in [1.165, 1.54) is 13.2 Å². The zero-order valence-corrected chi connectivity index (χ0v) is 11.6. The lowest BCUT2D eigenvalue weighted by Crippen LogP contribution is -2.32. The molecule has 0 atom stereocenters. The zero-order valence-electron chi connectivity index (χ0n) is 10.0. The molecule has 0 spiro atoms. The molecule has 1 aromatic carbocycles. The van der Waals surface area contributed by atoms with E-state index < -0.39 is 17.8 Å². The van der Waals surface area contributed by atoms with E-state index in [1.807, 2.05) is 0 Å². The number of benzene rings is 1. The van der Waals surface area contributed by atoms with Crippen molar-refractivity contribution in [3.8, 4) is 5.75 Å². The standard InChI is InChI=1S/C12H10BrNO5/c1-18-11-7(3-2-4-8(11)13)12(17)19-14-9(15)5-6-10(14)16/h2-4H,5-6H2,1H3. The number of methoxy groups -OCH3 is 1. The predicted octanol–water partition coefficient (Wildman–Crippen LogP) is 1.68. The fourth-order valence-corrected chi connectivity index (χ4v) is 2.20. The molecule has 2 rings (SSSR count). The second kappa shape index (κ2) is 5.40. The van der Waals surface area contributed by atoms with Crippen LogP contribution < -0.4 is 4.74 Å². The van der Waals surface area contributed by atoms with Gasteiger partial charge in [0.15, 0.2) is 0 Å². The van der Waals surface area contributed by atoms with Gasteiger partial charge in [0.25, 0.3) is 11.8 Å². The summed E-state index contributed by atoms with van der Waals surface area (Å²) in [5.41, 5.74) is 0.129. The Kier molecular flexibility index (Phi) is 3.84. The van der Waals surface area contributed by atoms with E-state index in [0.29, 0.717) is 9.54 Å². The molecule has 0 N–H and O–H groups in total. The minimum Gasteiger partial charge on any atom is -0.495 e. The van der Waals surface area contributed by atoms with Gasteiger partial charge < -0.3 is 9.57 Å². The Labute approximate surface area is 117 Å². The number of carbonyl (C=O) groups is 3. The maximum Gasteiger partial charge on any atom is 0.367 e. The van der Waals surface area contributed by atoms with E-state index in [2.05, 4.69) is 15.9 Å². The summed E-state index contributed by atoms with van der Waals surface area (Å²) in [5.74, 6) is -1.58. The quantitative estimate of drug-likeness (QED) is 0.790. The predicted molar refractivity (Wildman–Crippen MR) is 67.2 cm³/mol. The van der Waals surface area contributed by atoms with Crippen LogP contribution in [0.3, 0.4) is 0 Å². The van der Waals surface area contributed by atoms with Crippen molar-refractivity contribution in [2.24, 2.45) is 0 Å². The topological polar surface area (TPSA) is 72.9 Å². The summed E-state index contributed by atoms with van der Waals surface area (Å²) in [6, 6.07) is 4.80. The molecule has 1 fully saturated rings. The van der Waals surface area contributed by atoms with E-state index in [-0.39, 0.29) is 24.2 Å². The molecular formula is C12H10BrNO5. The molecule has 1 aliphatic rings. The summed E-state index contributed by atoms with van der Waals surface area (Å²) < 4.78 is 5.65. The number of hydrogen-bond donors (Lipinski definition) is 0. The molecular weight excluding hydrogens is 318 g/mol. The van der Waals surface area contributed by atoms with Crippen molar-refractivity contribution in [2.75, 3.05) is 7.11 Å². The fraction of sp³-hybridized carbons (Fsp3) is 0.250. The number of hydrogen-bond acceptors (Lipinski definition) is 5. The number of para-hydroxylation sites is 1. The minimum absolute atomic E-state index is 0.0573. The lowest BCUT2D eigenvalue weighted by Gasteiger charge is -2.14. The third-order valence-electron chi connectivity index (χ3n) is 2.57. The van der Waals surface area contributed by atoms with E-state index >= 15 is 0 Å². The first-order chi connectivity index (χ1) is 9.04. The highest BCUT2D eigenvalue weighted by atomic mass is 79.9. The molecule has 1 aliphatic heterocycles. The Morgan fingerprint density at radius 1 is 1.26 bits per heavy atom. The second-order valence-electron chi connectivity index (χ2n) is 3.78. The molecule has 0 saturated carbocycles. The van der Waals surface area contributed by atoms with Gasteiger partial charge in [-0.1, -0.05) is 6.07 Å². The summed E-state index contributed by atoms with van der Waals surface area (Å²) in [4.78, 5) is 39.5. The van der Waals surface area contributed by atoms with Gasteiger partial charge in [-0.2, -0.15) is 0 Å². The molecule has 0 radical (unpaired) electrons. The molecule has 7 heteroatoms. The monoisotopic (exact) mass is 327 g/mol. The van der Waals surface area contributed by atoms with Gasteiger partial charge in [-0.15, -0.1) is 5.06 Å². The number of amides is 2. The summed E-state index contributed by atoms with van der Waals surface area (Å²) in [6.45, 7) is 0. The number of ether oxygens (including phenoxy) is 1. The lowest BCUT2D eigenvalue weighted by atomic mass is 10.2. The number of imide groups is 1. The van der Waals surface area contributed by atoms with Crippen LogP contribution in [0.25, 0.3) is 0 Å². The van der Waals surface area contributed by atoms with Gasteiger partial charge in [0.2, 0.25) is 0 Å². The van der Waals surface area contributed by atoms with Crippen molar-refractivity contribution in [3.63, 3.8) is 0 Å². The number of nitrogens with zero attached hydrogens (tertiary/aromatic N) is 1. The van der Waals surface area contributed by atoms with Gasteiger partial charge >= 0.3 is 5.97 Å². The van der Waals surface area contributed by atoms with Gasteiger partial charge in [-0.05, 0) is 28.1 Å². The van der Waals surface area contributed by atoms with Crippen molar-refractivity contribution in [1.29, 1.82) is 0 Å². The summed E-state index contributed by atoms with van der Waals surface area (Å²) in [7, 11) is 1.41. The smallest absolute Gasteiger partial charge is 0.367 e. The summed E-state index contributed by atoms with van der Waals surface area (Å²) in [5, 5.41) is 0.503. The Balaban J connectivity index is 2.23. The molecule has 1 saturated heterocycles. The van der Waals surface area contributed by atoms with Gasteiger partial charge in [-0.25, -0.2) is 4.79 Å². The Morgan fingerprint density at radius 2 is 1.89 bits per heavy atom. The van der Waals surface area contributed by atoms with E-state index in [4.69, 9.17) is 9.57 Å². The molecule has 1 aromatic rings. The Morgan fingerprint density at radius 3 is 2.47 bits per heavy atom. The molecule has 0 aliphatic carbocycles. The van der Waals surface area contributed by atoms with Crippen molar-refractivity contribution in [2.45, 2.75) is 12.8 Å². The summed E-state index contributed by atoms with van der Waals surface area (Å²) in [6.07, 6.45) is 0.115. The third-order valence-corrected chi connectivity index (χ3v) is 3.20. The SMILES string of the molecule is COc1c(Br)cccc1C(=O)ON1C(=O)CCC1=O. The number of halogens is 1. The average molecular weight is 328 g/mol. The van der Waals surface area contributed by atoms with Crippen LogP contribution in [0.1, 0.15) is 23.2 Å². The normalized spacial score (nSPS) is 14.7. The molecule has 2 amide bonds. The highest BCUT2D eigenvalue weighted by molar-refractivity contribution is 9.10. The van der Waals surface area contributed by atoms with E-state index in [9.17, 15) is 14.4 Å². The van der Waals surface area contributed by atoms with E-state index in [0.717, 1.165) is 0 Å². The maximum atomic E-state index is 12.0. The van der Waals surface area contributed by atoms with E-state index in [1.54, 1.807) is 12.1 Å². The highest BCUT2D eigenvalue weighted by Gasteiger charge is 2.33. The Bertz CT molecular complexity index is 541. The molecule has 1 heterocycles. The number of carbonyl (C=O) groups excluding carboxylic acids is 3. The van der Waals surface area contributed by atoms with Gasteiger partial charge in [0.05, 0.1) is 11.6 Å². The first-order valence-corrected chi connectivity index (χ1v) is 6.24. The van der Waals surface area contributed by atoms with Crippen LogP contribution >= 0.6 is 15.9 Å². The van der Waals surface area contributed by atoms with Gasteiger partial charge in [0, 0.05) is 12.8 Å². The molecule has 19 heavy (non-hydrogen) atoms. The van der Waals surface area contributed by atoms with Crippen molar-refractivity contribution in [1.82, 2.24) is 5.06 Å². The van der Waals surface area contributed by atoms with Crippen molar-refractivity contribution >= 4 is 33.7 Å². The number of hydroxylamine groups is 2.